The second-order valence-electron chi connectivity index (χ2n) is 2.56. The second kappa shape index (κ2) is 4.04. The minimum atomic E-state index is -2.80. The van der Waals surface area contributed by atoms with Gasteiger partial charge in [0.15, 0.2) is 0 Å². The fourth-order valence-corrected chi connectivity index (χ4v) is 1.04. The molecule has 3 nitrogen and oxygen atoms in total. The van der Waals surface area contributed by atoms with Crippen LogP contribution in [0.2, 0.25) is 0 Å². The van der Waals surface area contributed by atoms with Gasteiger partial charge in [-0.15, -0.1) is 0 Å². The number of carboxylic acids is 1. The molecule has 0 heterocycles. The molecule has 14 heavy (non-hydrogen) atoms. The summed E-state index contributed by atoms with van der Waals surface area (Å²) in [4.78, 5) is 10.6. The quantitative estimate of drug-likeness (QED) is 0.818. The number of rotatable bonds is 3. The van der Waals surface area contributed by atoms with Gasteiger partial charge in [0, 0.05) is 5.56 Å². The Balaban J connectivity index is 3.24. The normalized spacial score (nSPS) is 10.3. The molecular weight excluding hydrogens is 194 g/mol. The lowest BCUT2D eigenvalue weighted by atomic mass is 10.1. The number of carbonyl (C=O) groups is 1. The van der Waals surface area contributed by atoms with Gasteiger partial charge in [-0.25, -0.2) is 13.6 Å². The number of carboxylic acid groups (broad SMARTS) is 1. The van der Waals surface area contributed by atoms with Gasteiger partial charge in [-0.05, 0) is 18.2 Å². The molecule has 0 fully saturated rings. The average molecular weight is 202 g/mol. The summed E-state index contributed by atoms with van der Waals surface area (Å²) in [6.45, 7) is 0. The molecule has 0 aromatic heterocycles. The molecule has 0 spiro atoms. The van der Waals surface area contributed by atoms with Crippen molar-refractivity contribution in [3.8, 4) is 5.75 Å². The van der Waals surface area contributed by atoms with Crippen molar-refractivity contribution >= 4 is 5.97 Å². The number of aromatic carboxylic acids is 1. The third-order valence-electron chi connectivity index (χ3n) is 1.73. The predicted molar refractivity (Wildman–Crippen MR) is 44.9 cm³/mol. The van der Waals surface area contributed by atoms with Crippen LogP contribution in [-0.4, -0.2) is 18.2 Å². The number of ether oxygens (including phenoxy) is 1. The monoisotopic (exact) mass is 202 g/mol. The van der Waals surface area contributed by atoms with E-state index in [-0.39, 0.29) is 5.75 Å². The highest BCUT2D eigenvalue weighted by Gasteiger charge is 2.18. The van der Waals surface area contributed by atoms with E-state index in [1.807, 2.05) is 0 Å². The smallest absolute Gasteiger partial charge is 0.336 e. The Labute approximate surface area is 78.9 Å². The standard InChI is InChI=1S/C9H8F2O3/c1-14-5-2-3-6(8(10)11)7(4-5)9(12)13/h2-4,8H,1H3,(H,12,13). The number of hydrogen-bond acceptors (Lipinski definition) is 2. The molecule has 1 N–H and O–H groups in total. The zero-order valence-corrected chi connectivity index (χ0v) is 7.33. The molecule has 0 aliphatic carbocycles. The van der Waals surface area contributed by atoms with E-state index in [2.05, 4.69) is 0 Å². The first kappa shape index (κ1) is 10.4. The highest BCUT2D eigenvalue weighted by atomic mass is 19.3. The number of alkyl halides is 2. The van der Waals surface area contributed by atoms with Crippen molar-refractivity contribution in [2.75, 3.05) is 7.11 Å². The zero-order valence-electron chi connectivity index (χ0n) is 7.33. The lowest BCUT2D eigenvalue weighted by Crippen LogP contribution is -2.03. The fraction of sp³-hybridized carbons (Fsp3) is 0.222. The molecule has 0 bridgehead atoms. The van der Waals surface area contributed by atoms with Gasteiger partial charge in [0.25, 0.3) is 6.43 Å². The molecule has 0 amide bonds. The summed E-state index contributed by atoms with van der Waals surface area (Å²) in [6.07, 6.45) is -2.80. The maximum Gasteiger partial charge on any atom is 0.336 e. The van der Waals surface area contributed by atoms with Crippen molar-refractivity contribution in [1.82, 2.24) is 0 Å². The molecule has 5 heteroatoms. The van der Waals surface area contributed by atoms with Crippen LogP contribution in [0.3, 0.4) is 0 Å². The van der Waals surface area contributed by atoms with Crippen LogP contribution in [0.15, 0.2) is 18.2 Å². The second-order valence-corrected chi connectivity index (χ2v) is 2.56. The van der Waals surface area contributed by atoms with E-state index in [9.17, 15) is 13.6 Å². The molecule has 1 aromatic rings. The first-order chi connectivity index (χ1) is 6.56. The first-order valence-electron chi connectivity index (χ1n) is 3.75. The fourth-order valence-electron chi connectivity index (χ4n) is 1.04. The van der Waals surface area contributed by atoms with E-state index >= 15 is 0 Å². The highest BCUT2D eigenvalue weighted by Crippen LogP contribution is 2.26. The van der Waals surface area contributed by atoms with Gasteiger partial charge < -0.3 is 9.84 Å². The van der Waals surface area contributed by atoms with Gasteiger partial charge in [0.05, 0.1) is 12.7 Å². The molecule has 0 atom stereocenters. The molecule has 76 valence electrons. The molecule has 0 aliphatic heterocycles. The van der Waals surface area contributed by atoms with E-state index in [4.69, 9.17) is 9.84 Å². The van der Waals surface area contributed by atoms with Crippen LogP contribution in [0.5, 0.6) is 5.75 Å². The predicted octanol–water partition coefficient (Wildman–Crippen LogP) is 2.33. The van der Waals surface area contributed by atoms with Crippen molar-refractivity contribution in [1.29, 1.82) is 0 Å². The Morgan fingerprint density at radius 2 is 2.14 bits per heavy atom. The molecular formula is C9H8F2O3. The zero-order chi connectivity index (χ0) is 10.7. The Hall–Kier alpha value is -1.65. The largest absolute Gasteiger partial charge is 0.497 e. The van der Waals surface area contributed by atoms with Gasteiger partial charge in [0.2, 0.25) is 0 Å². The van der Waals surface area contributed by atoms with Crippen LogP contribution in [0.1, 0.15) is 22.3 Å². The molecule has 0 aliphatic rings. The summed E-state index contributed by atoms with van der Waals surface area (Å²) >= 11 is 0. The van der Waals surface area contributed by atoms with Gasteiger partial charge >= 0.3 is 5.97 Å². The van der Waals surface area contributed by atoms with Crippen LogP contribution < -0.4 is 4.74 Å². The lowest BCUT2D eigenvalue weighted by molar-refractivity contribution is 0.0684. The molecule has 0 radical (unpaired) electrons. The summed E-state index contributed by atoms with van der Waals surface area (Å²) in [5.74, 6) is -1.15. The molecule has 1 rings (SSSR count). The van der Waals surface area contributed by atoms with E-state index in [1.54, 1.807) is 0 Å². The van der Waals surface area contributed by atoms with Crippen LogP contribution >= 0.6 is 0 Å². The minimum Gasteiger partial charge on any atom is -0.497 e. The summed E-state index contributed by atoms with van der Waals surface area (Å²) in [5.41, 5.74) is -0.933. The Morgan fingerprint density at radius 1 is 1.50 bits per heavy atom. The summed E-state index contributed by atoms with van der Waals surface area (Å²) in [7, 11) is 1.34. The Morgan fingerprint density at radius 3 is 2.57 bits per heavy atom. The van der Waals surface area contributed by atoms with Crippen LogP contribution in [0.4, 0.5) is 8.78 Å². The first-order valence-corrected chi connectivity index (χ1v) is 3.75. The van der Waals surface area contributed by atoms with Crippen LogP contribution in [0, 0.1) is 0 Å². The maximum absolute atomic E-state index is 12.3. The van der Waals surface area contributed by atoms with Crippen molar-refractivity contribution in [3.63, 3.8) is 0 Å². The van der Waals surface area contributed by atoms with E-state index in [1.165, 1.54) is 13.2 Å². The number of benzene rings is 1. The van der Waals surface area contributed by atoms with Crippen LogP contribution in [-0.2, 0) is 0 Å². The third kappa shape index (κ3) is 1.99. The van der Waals surface area contributed by atoms with Gasteiger partial charge in [0.1, 0.15) is 5.75 Å². The number of halogens is 2. The van der Waals surface area contributed by atoms with Crippen molar-refractivity contribution in [2.45, 2.75) is 6.43 Å². The van der Waals surface area contributed by atoms with Gasteiger partial charge in [-0.2, -0.15) is 0 Å². The van der Waals surface area contributed by atoms with E-state index < -0.39 is 23.5 Å². The molecule has 0 saturated heterocycles. The highest BCUT2D eigenvalue weighted by molar-refractivity contribution is 5.90. The van der Waals surface area contributed by atoms with Gasteiger partial charge in [-0.1, -0.05) is 0 Å². The van der Waals surface area contributed by atoms with Crippen molar-refractivity contribution in [2.24, 2.45) is 0 Å². The summed E-state index contributed by atoms with van der Waals surface area (Å²) in [5, 5.41) is 8.65. The number of hydrogen-bond donors (Lipinski definition) is 1. The third-order valence-corrected chi connectivity index (χ3v) is 1.73. The molecule has 0 saturated carbocycles. The maximum atomic E-state index is 12.3. The Bertz CT molecular complexity index is 350. The van der Waals surface area contributed by atoms with Crippen LogP contribution in [0.25, 0.3) is 0 Å². The molecule has 1 aromatic carbocycles. The number of methoxy groups -OCH3 is 1. The summed E-state index contributed by atoms with van der Waals surface area (Å²) in [6, 6.07) is 3.42. The SMILES string of the molecule is COc1ccc(C(F)F)c(C(=O)O)c1. The minimum absolute atomic E-state index is 0.242. The average Bonchev–Trinajstić information content (AvgIpc) is 2.16. The van der Waals surface area contributed by atoms with Gasteiger partial charge in [-0.3, -0.25) is 0 Å². The Kier molecular flexibility index (Phi) is 3.01. The molecule has 0 unspecified atom stereocenters. The van der Waals surface area contributed by atoms with E-state index in [0.717, 1.165) is 12.1 Å². The lowest BCUT2D eigenvalue weighted by Gasteiger charge is -2.06. The summed E-state index contributed by atoms with van der Waals surface area (Å²) < 4.78 is 29.4. The topological polar surface area (TPSA) is 46.5 Å². The van der Waals surface area contributed by atoms with E-state index in [0.29, 0.717) is 0 Å². The van der Waals surface area contributed by atoms with Crippen molar-refractivity contribution in [3.05, 3.63) is 29.3 Å². The van der Waals surface area contributed by atoms with Crippen molar-refractivity contribution < 1.29 is 23.4 Å².